The van der Waals surface area contributed by atoms with E-state index in [-0.39, 0.29) is 6.61 Å². The second-order valence-electron chi connectivity index (χ2n) is 3.06. The number of terminal acetylenes is 1. The SMILES string of the molecule is C#CCSc1nnc(COc2ccccc2)o1. The smallest absolute Gasteiger partial charge is 0.277 e. The second-order valence-corrected chi connectivity index (χ2v) is 3.98. The van der Waals surface area contributed by atoms with Crippen molar-refractivity contribution < 1.29 is 9.15 Å². The molecule has 0 N–H and O–H groups in total. The molecule has 0 amide bonds. The third-order valence-corrected chi connectivity index (χ3v) is 2.56. The van der Waals surface area contributed by atoms with E-state index in [0.717, 1.165) is 5.75 Å². The van der Waals surface area contributed by atoms with Crippen LogP contribution in [0.25, 0.3) is 0 Å². The fraction of sp³-hybridized carbons (Fsp3) is 0.167. The normalized spacial score (nSPS) is 9.82. The Hall–Kier alpha value is -1.93. The van der Waals surface area contributed by atoms with Crippen LogP contribution in [-0.2, 0) is 6.61 Å². The Bertz CT molecular complexity index is 505. The monoisotopic (exact) mass is 246 g/mol. The van der Waals surface area contributed by atoms with Crippen molar-refractivity contribution in [3.05, 3.63) is 36.2 Å². The van der Waals surface area contributed by atoms with Crippen LogP contribution in [0.15, 0.2) is 40.0 Å². The number of ether oxygens (including phenoxy) is 1. The van der Waals surface area contributed by atoms with Crippen molar-refractivity contribution in [3.8, 4) is 18.1 Å². The van der Waals surface area contributed by atoms with Gasteiger partial charge in [0.1, 0.15) is 5.75 Å². The molecule has 1 aromatic carbocycles. The van der Waals surface area contributed by atoms with Crippen LogP contribution in [0.5, 0.6) is 5.75 Å². The molecule has 2 rings (SSSR count). The topological polar surface area (TPSA) is 48.2 Å². The van der Waals surface area contributed by atoms with Crippen molar-refractivity contribution in [1.82, 2.24) is 10.2 Å². The molecule has 4 nitrogen and oxygen atoms in total. The lowest BCUT2D eigenvalue weighted by Crippen LogP contribution is -1.95. The Morgan fingerprint density at radius 2 is 2.12 bits per heavy atom. The number of nitrogens with zero attached hydrogens (tertiary/aromatic N) is 2. The van der Waals surface area contributed by atoms with Crippen LogP contribution >= 0.6 is 11.8 Å². The molecule has 0 saturated heterocycles. The summed E-state index contributed by atoms with van der Waals surface area (Å²) in [5, 5.41) is 8.16. The van der Waals surface area contributed by atoms with E-state index in [2.05, 4.69) is 16.1 Å². The Labute approximate surface area is 103 Å². The molecule has 0 atom stereocenters. The van der Waals surface area contributed by atoms with E-state index in [1.54, 1.807) is 0 Å². The molecule has 2 aromatic rings. The minimum Gasteiger partial charge on any atom is -0.484 e. The van der Waals surface area contributed by atoms with Crippen molar-refractivity contribution in [3.63, 3.8) is 0 Å². The summed E-state index contributed by atoms with van der Waals surface area (Å²) >= 11 is 1.33. The number of thioether (sulfide) groups is 1. The van der Waals surface area contributed by atoms with Gasteiger partial charge in [0.25, 0.3) is 11.1 Å². The number of aromatic nitrogens is 2. The summed E-state index contributed by atoms with van der Waals surface area (Å²) in [6, 6.07) is 9.46. The van der Waals surface area contributed by atoms with Crippen LogP contribution in [0.3, 0.4) is 0 Å². The van der Waals surface area contributed by atoms with E-state index >= 15 is 0 Å². The second kappa shape index (κ2) is 5.97. The summed E-state index contributed by atoms with van der Waals surface area (Å²) < 4.78 is 10.8. The van der Waals surface area contributed by atoms with Gasteiger partial charge in [-0.2, -0.15) is 0 Å². The van der Waals surface area contributed by atoms with Gasteiger partial charge < -0.3 is 9.15 Å². The van der Waals surface area contributed by atoms with E-state index in [9.17, 15) is 0 Å². The van der Waals surface area contributed by atoms with Crippen molar-refractivity contribution >= 4 is 11.8 Å². The predicted molar refractivity (Wildman–Crippen MR) is 64.6 cm³/mol. The molecule has 0 aliphatic rings. The van der Waals surface area contributed by atoms with E-state index in [1.807, 2.05) is 30.3 Å². The molecule has 0 saturated carbocycles. The standard InChI is InChI=1S/C12H10N2O2S/c1-2-8-17-12-14-13-11(16-12)9-15-10-6-4-3-5-7-10/h1,3-7H,8-9H2. The highest BCUT2D eigenvalue weighted by molar-refractivity contribution is 7.99. The minimum absolute atomic E-state index is 0.258. The molecule has 0 aliphatic carbocycles. The third kappa shape index (κ3) is 3.54. The molecule has 17 heavy (non-hydrogen) atoms. The molecule has 0 bridgehead atoms. The largest absolute Gasteiger partial charge is 0.484 e. The summed E-state index contributed by atoms with van der Waals surface area (Å²) in [6.07, 6.45) is 5.13. The lowest BCUT2D eigenvalue weighted by molar-refractivity contribution is 0.252. The van der Waals surface area contributed by atoms with Crippen LogP contribution in [0.1, 0.15) is 5.89 Å². The Kier molecular flexibility index (Phi) is 4.05. The van der Waals surface area contributed by atoms with Crippen LogP contribution in [0, 0.1) is 12.3 Å². The molecular formula is C12H10N2O2S. The first-order valence-electron chi connectivity index (χ1n) is 4.95. The van der Waals surface area contributed by atoms with Gasteiger partial charge in [-0.3, -0.25) is 0 Å². The predicted octanol–water partition coefficient (Wildman–Crippen LogP) is 2.37. The molecule has 0 unspecified atom stereocenters. The fourth-order valence-corrected chi connectivity index (χ4v) is 1.58. The molecular weight excluding hydrogens is 236 g/mol. The number of hydrogen-bond donors (Lipinski definition) is 0. The quantitative estimate of drug-likeness (QED) is 0.598. The summed E-state index contributed by atoms with van der Waals surface area (Å²) in [6.45, 7) is 0.258. The molecule has 0 spiro atoms. The van der Waals surface area contributed by atoms with E-state index in [1.165, 1.54) is 11.8 Å². The zero-order chi connectivity index (χ0) is 11.9. The van der Waals surface area contributed by atoms with Crippen LogP contribution in [0.4, 0.5) is 0 Å². The van der Waals surface area contributed by atoms with Gasteiger partial charge in [-0.15, -0.1) is 16.6 Å². The first kappa shape index (κ1) is 11.6. The fourth-order valence-electron chi connectivity index (χ4n) is 1.12. The molecule has 0 aliphatic heterocycles. The zero-order valence-corrected chi connectivity index (χ0v) is 9.81. The molecule has 0 radical (unpaired) electrons. The lowest BCUT2D eigenvalue weighted by atomic mass is 10.3. The van der Waals surface area contributed by atoms with E-state index < -0.39 is 0 Å². The van der Waals surface area contributed by atoms with Crippen LogP contribution in [0.2, 0.25) is 0 Å². The maximum atomic E-state index is 5.46. The third-order valence-electron chi connectivity index (χ3n) is 1.83. The van der Waals surface area contributed by atoms with Gasteiger partial charge in [0.15, 0.2) is 6.61 Å². The van der Waals surface area contributed by atoms with E-state index in [4.69, 9.17) is 15.6 Å². The summed E-state index contributed by atoms with van der Waals surface area (Å²) in [5.41, 5.74) is 0. The summed E-state index contributed by atoms with van der Waals surface area (Å²) in [4.78, 5) is 0. The number of benzene rings is 1. The highest BCUT2D eigenvalue weighted by Crippen LogP contribution is 2.16. The minimum atomic E-state index is 0.258. The van der Waals surface area contributed by atoms with Gasteiger partial charge >= 0.3 is 0 Å². The Morgan fingerprint density at radius 1 is 1.29 bits per heavy atom. The van der Waals surface area contributed by atoms with Gasteiger partial charge in [-0.1, -0.05) is 35.9 Å². The molecule has 0 fully saturated rings. The van der Waals surface area contributed by atoms with Gasteiger partial charge in [0.05, 0.1) is 5.75 Å². The highest BCUT2D eigenvalue weighted by Gasteiger charge is 2.06. The Balaban J connectivity index is 1.87. The summed E-state index contributed by atoms with van der Waals surface area (Å²) in [7, 11) is 0. The average Bonchev–Trinajstić information content (AvgIpc) is 2.83. The van der Waals surface area contributed by atoms with Crippen LogP contribution < -0.4 is 4.74 Å². The Morgan fingerprint density at radius 3 is 2.88 bits per heavy atom. The molecule has 1 heterocycles. The highest BCUT2D eigenvalue weighted by atomic mass is 32.2. The number of rotatable bonds is 5. The maximum absolute atomic E-state index is 5.46. The van der Waals surface area contributed by atoms with Gasteiger partial charge in [0.2, 0.25) is 0 Å². The number of hydrogen-bond acceptors (Lipinski definition) is 5. The van der Waals surface area contributed by atoms with Gasteiger partial charge in [-0.05, 0) is 12.1 Å². The molecule has 86 valence electrons. The van der Waals surface area contributed by atoms with Gasteiger partial charge in [0, 0.05) is 0 Å². The van der Waals surface area contributed by atoms with Crippen molar-refractivity contribution in [2.45, 2.75) is 11.8 Å². The first-order valence-corrected chi connectivity index (χ1v) is 5.93. The first-order chi connectivity index (χ1) is 8.38. The van der Waals surface area contributed by atoms with Crippen molar-refractivity contribution in [2.24, 2.45) is 0 Å². The van der Waals surface area contributed by atoms with Crippen molar-refractivity contribution in [1.29, 1.82) is 0 Å². The van der Waals surface area contributed by atoms with Crippen molar-refractivity contribution in [2.75, 3.05) is 5.75 Å². The number of para-hydroxylation sites is 1. The molecule has 1 aromatic heterocycles. The van der Waals surface area contributed by atoms with Gasteiger partial charge in [-0.25, -0.2) is 0 Å². The zero-order valence-electron chi connectivity index (χ0n) is 9.00. The average molecular weight is 246 g/mol. The lowest BCUT2D eigenvalue weighted by Gasteiger charge is -2.01. The summed E-state index contributed by atoms with van der Waals surface area (Å²) in [5.74, 6) is 4.21. The maximum Gasteiger partial charge on any atom is 0.277 e. The van der Waals surface area contributed by atoms with Crippen LogP contribution in [-0.4, -0.2) is 16.0 Å². The molecule has 5 heteroatoms. The van der Waals surface area contributed by atoms with E-state index in [0.29, 0.717) is 16.9 Å².